The fourth-order valence-electron chi connectivity index (χ4n) is 4.00. The third-order valence-electron chi connectivity index (χ3n) is 5.10. The van der Waals surface area contributed by atoms with Crippen LogP contribution in [0.5, 0.6) is 0 Å². The molecule has 4 heteroatoms. The molecule has 1 fully saturated rings. The van der Waals surface area contributed by atoms with E-state index in [9.17, 15) is 4.79 Å². The third kappa shape index (κ3) is 7.99. The van der Waals surface area contributed by atoms with Gasteiger partial charge in [0.1, 0.15) is 11.2 Å². The lowest BCUT2D eigenvalue weighted by atomic mass is 9.82. The quantitative estimate of drug-likeness (QED) is 0.280. The normalized spacial score (nSPS) is 26.2. The molecule has 0 spiro atoms. The molecule has 0 radical (unpaired) electrons. The van der Waals surface area contributed by atoms with Crippen molar-refractivity contribution >= 4 is 12.0 Å². The van der Waals surface area contributed by atoms with Gasteiger partial charge in [0.05, 0.1) is 6.42 Å². The molecule has 1 N–H and O–H groups in total. The molecular formula is C24H34O4. The van der Waals surface area contributed by atoms with Gasteiger partial charge in [-0.1, -0.05) is 61.6 Å². The predicted octanol–water partition coefficient (Wildman–Crippen LogP) is 6.19. The monoisotopic (exact) mass is 386 g/mol. The molecule has 0 aromatic heterocycles. The highest BCUT2D eigenvalue weighted by Gasteiger charge is 2.47. The van der Waals surface area contributed by atoms with Crippen molar-refractivity contribution in [3.05, 3.63) is 54.1 Å². The van der Waals surface area contributed by atoms with Gasteiger partial charge in [-0.2, -0.15) is 0 Å². The number of hydrogen-bond acceptors (Lipinski definition) is 3. The number of carbonyl (C=O) groups is 1. The molecule has 0 aliphatic carbocycles. The summed E-state index contributed by atoms with van der Waals surface area (Å²) < 4.78 is 0. The van der Waals surface area contributed by atoms with Crippen LogP contribution in [0.1, 0.15) is 71.3 Å². The molecule has 1 aliphatic heterocycles. The molecule has 0 amide bonds. The van der Waals surface area contributed by atoms with Crippen LogP contribution in [0.3, 0.4) is 0 Å². The number of allylic oxidation sites excluding steroid dienone is 3. The fraction of sp³-hybridized carbons (Fsp3) is 0.542. The largest absolute Gasteiger partial charge is 0.481 e. The molecule has 1 aliphatic rings. The second-order valence-electron chi connectivity index (χ2n) is 8.56. The zero-order valence-electron chi connectivity index (χ0n) is 17.4. The van der Waals surface area contributed by atoms with Crippen molar-refractivity contribution in [3.63, 3.8) is 0 Å². The van der Waals surface area contributed by atoms with Crippen LogP contribution in [0.15, 0.2) is 48.6 Å². The van der Waals surface area contributed by atoms with Crippen molar-refractivity contribution in [1.29, 1.82) is 0 Å². The number of carboxylic acids is 1. The number of rotatable bonds is 11. The summed E-state index contributed by atoms with van der Waals surface area (Å²) in [5, 5.41) is 9.02. The van der Waals surface area contributed by atoms with Crippen molar-refractivity contribution in [1.82, 2.24) is 0 Å². The van der Waals surface area contributed by atoms with Crippen molar-refractivity contribution in [2.45, 2.75) is 76.9 Å². The summed E-state index contributed by atoms with van der Waals surface area (Å²) in [5.74, 6) is -0.365. The molecule has 2 rings (SSSR count). The van der Waals surface area contributed by atoms with Crippen LogP contribution in [-0.4, -0.2) is 22.3 Å². The molecule has 1 aromatic carbocycles. The van der Waals surface area contributed by atoms with E-state index in [1.54, 1.807) is 0 Å². The summed E-state index contributed by atoms with van der Waals surface area (Å²) in [4.78, 5) is 21.9. The fourth-order valence-corrected chi connectivity index (χ4v) is 4.00. The second kappa shape index (κ2) is 10.6. The van der Waals surface area contributed by atoms with Crippen molar-refractivity contribution in [3.8, 4) is 0 Å². The minimum atomic E-state index is -0.854. The lowest BCUT2D eigenvalue weighted by Crippen LogP contribution is -2.31. The van der Waals surface area contributed by atoms with Crippen LogP contribution in [0.25, 0.3) is 6.08 Å². The van der Waals surface area contributed by atoms with Gasteiger partial charge in [-0.25, -0.2) is 9.78 Å². The van der Waals surface area contributed by atoms with Crippen LogP contribution in [0.2, 0.25) is 0 Å². The van der Waals surface area contributed by atoms with Crippen LogP contribution >= 0.6 is 0 Å². The average Bonchev–Trinajstić information content (AvgIpc) is 2.91. The summed E-state index contributed by atoms with van der Waals surface area (Å²) in [6, 6.07) is 10.4. The van der Waals surface area contributed by atoms with Gasteiger partial charge in [0.2, 0.25) is 0 Å². The summed E-state index contributed by atoms with van der Waals surface area (Å²) >= 11 is 0. The number of hydrogen-bond donors (Lipinski definition) is 1. The Labute approximate surface area is 169 Å². The molecule has 1 heterocycles. The average molecular weight is 387 g/mol. The van der Waals surface area contributed by atoms with E-state index in [2.05, 4.69) is 55.5 Å². The van der Waals surface area contributed by atoms with E-state index in [0.717, 1.165) is 32.1 Å². The van der Waals surface area contributed by atoms with Gasteiger partial charge in [0.15, 0.2) is 0 Å². The lowest BCUT2D eigenvalue weighted by Gasteiger charge is -2.25. The number of unbranched alkanes of at least 4 members (excludes halogenated alkanes) is 1. The van der Waals surface area contributed by atoms with Gasteiger partial charge in [-0.3, -0.25) is 4.79 Å². The van der Waals surface area contributed by atoms with E-state index in [4.69, 9.17) is 14.9 Å². The summed E-state index contributed by atoms with van der Waals surface area (Å²) in [6.07, 6.45) is 14.6. The lowest BCUT2D eigenvalue weighted by molar-refractivity contribution is -0.346. The number of benzene rings is 1. The first-order valence-electron chi connectivity index (χ1n) is 10.3. The zero-order chi connectivity index (χ0) is 20.5. The van der Waals surface area contributed by atoms with Gasteiger partial charge in [0, 0.05) is 6.42 Å². The summed E-state index contributed by atoms with van der Waals surface area (Å²) in [6.45, 7) is 6.05. The molecule has 0 bridgehead atoms. The minimum Gasteiger partial charge on any atom is -0.481 e. The first kappa shape index (κ1) is 22.4. The Morgan fingerprint density at radius 3 is 2.43 bits per heavy atom. The van der Waals surface area contributed by atoms with Crippen molar-refractivity contribution in [2.75, 3.05) is 0 Å². The molecule has 4 nitrogen and oxygen atoms in total. The summed E-state index contributed by atoms with van der Waals surface area (Å²) in [7, 11) is 0. The topological polar surface area (TPSA) is 55.8 Å². The Morgan fingerprint density at radius 2 is 1.71 bits per heavy atom. The van der Waals surface area contributed by atoms with Crippen molar-refractivity contribution < 1.29 is 19.7 Å². The van der Waals surface area contributed by atoms with E-state index in [1.165, 1.54) is 5.56 Å². The molecule has 154 valence electrons. The Kier molecular flexibility index (Phi) is 8.46. The van der Waals surface area contributed by atoms with E-state index in [0.29, 0.717) is 12.3 Å². The molecular weight excluding hydrogens is 352 g/mol. The molecule has 1 saturated heterocycles. The number of aliphatic carboxylic acids is 1. The van der Waals surface area contributed by atoms with E-state index in [-0.39, 0.29) is 6.42 Å². The van der Waals surface area contributed by atoms with Crippen molar-refractivity contribution in [2.24, 2.45) is 5.92 Å². The first-order chi connectivity index (χ1) is 13.3. The van der Waals surface area contributed by atoms with Gasteiger partial charge >= 0.3 is 5.97 Å². The highest BCUT2D eigenvalue weighted by Crippen LogP contribution is 2.42. The minimum absolute atomic E-state index is 0.0293. The highest BCUT2D eigenvalue weighted by molar-refractivity contribution is 5.68. The van der Waals surface area contributed by atoms with Crippen LogP contribution in [-0.2, 0) is 14.6 Å². The van der Waals surface area contributed by atoms with E-state index < -0.39 is 17.2 Å². The number of carboxylic acid groups (broad SMARTS) is 1. The maximum Gasteiger partial charge on any atom is 0.306 e. The molecule has 0 saturated carbocycles. The van der Waals surface area contributed by atoms with Crippen LogP contribution < -0.4 is 0 Å². The second-order valence-corrected chi connectivity index (χ2v) is 8.56. The van der Waals surface area contributed by atoms with E-state index >= 15 is 0 Å². The molecule has 1 aromatic rings. The zero-order valence-corrected chi connectivity index (χ0v) is 17.4. The van der Waals surface area contributed by atoms with Crippen LogP contribution in [0, 0.1) is 5.92 Å². The maximum atomic E-state index is 11.0. The van der Waals surface area contributed by atoms with Gasteiger partial charge in [-0.05, 0) is 57.4 Å². The van der Waals surface area contributed by atoms with Crippen LogP contribution in [0.4, 0.5) is 0 Å². The molecule has 28 heavy (non-hydrogen) atoms. The molecule has 3 unspecified atom stereocenters. The van der Waals surface area contributed by atoms with Gasteiger partial charge in [-0.15, -0.1) is 0 Å². The third-order valence-corrected chi connectivity index (χ3v) is 5.10. The van der Waals surface area contributed by atoms with Gasteiger partial charge < -0.3 is 5.11 Å². The van der Waals surface area contributed by atoms with E-state index in [1.807, 2.05) is 19.9 Å². The SMILES string of the molecule is CC(CC/C=C/CC/C=C/c1ccccc1)CC1(C)CC(C)(CC(=O)O)OO1. The highest BCUT2D eigenvalue weighted by atomic mass is 17.2. The Bertz CT molecular complexity index is 666. The molecule has 3 atom stereocenters. The Morgan fingerprint density at radius 1 is 1.07 bits per heavy atom. The summed E-state index contributed by atoms with van der Waals surface area (Å²) in [5.41, 5.74) is 0.106. The van der Waals surface area contributed by atoms with Gasteiger partial charge in [0.25, 0.3) is 0 Å². The Balaban J connectivity index is 1.62. The maximum absolute atomic E-state index is 11.0. The first-order valence-corrected chi connectivity index (χ1v) is 10.3. The Hall–Kier alpha value is -1.91. The smallest absolute Gasteiger partial charge is 0.306 e. The predicted molar refractivity (Wildman–Crippen MR) is 113 cm³/mol. The standard InChI is InChI=1S/C24H34O4/c1-20(17-23(2)19-24(3,28-27-23)18-22(25)26)13-9-6-4-5-7-10-14-21-15-11-8-12-16-21/h4,6,8,10-12,14-16,20H,5,7,9,13,17-19H2,1-3H3,(H,25,26)/b6-4+,14-10+.